The molecule has 1 saturated carbocycles. The van der Waals surface area contributed by atoms with Crippen LogP contribution in [0.1, 0.15) is 65.7 Å². The third-order valence-electron chi connectivity index (χ3n) is 4.81. The van der Waals surface area contributed by atoms with Crippen molar-refractivity contribution in [2.75, 3.05) is 6.54 Å². The van der Waals surface area contributed by atoms with E-state index in [1.165, 1.54) is 19.3 Å². The molecular weight excluding hydrogens is 236 g/mol. The van der Waals surface area contributed by atoms with E-state index in [1.807, 2.05) is 0 Å². The first-order valence-electron chi connectivity index (χ1n) is 8.13. The number of hydrogen-bond acceptors (Lipinski definition) is 2. The second kappa shape index (κ2) is 8.57. The maximum absolute atomic E-state index is 12.3. The summed E-state index contributed by atoms with van der Waals surface area (Å²) in [6, 6.07) is 0.201. The van der Waals surface area contributed by atoms with Gasteiger partial charge in [-0.1, -0.05) is 46.5 Å². The maximum atomic E-state index is 12.3. The molecular formula is C16H32N2O. The molecule has 19 heavy (non-hydrogen) atoms. The van der Waals surface area contributed by atoms with E-state index >= 15 is 0 Å². The Morgan fingerprint density at radius 1 is 1.37 bits per heavy atom. The predicted molar refractivity (Wildman–Crippen MR) is 80.8 cm³/mol. The summed E-state index contributed by atoms with van der Waals surface area (Å²) in [4.78, 5) is 12.3. The molecule has 1 fully saturated rings. The van der Waals surface area contributed by atoms with Gasteiger partial charge in [-0.05, 0) is 31.1 Å². The standard InChI is InChI=1S/C16H32N2O/c1-4-6-8-13(5-2)11-18-16(19)14-9-7-10-15(17)12(14)3/h12-15H,4-11,17H2,1-3H3,(H,18,19). The first-order chi connectivity index (χ1) is 9.10. The number of hydrogen-bond donors (Lipinski definition) is 2. The van der Waals surface area contributed by atoms with Crippen molar-refractivity contribution in [2.45, 2.75) is 71.8 Å². The van der Waals surface area contributed by atoms with Gasteiger partial charge in [0.05, 0.1) is 0 Å². The molecule has 0 aromatic carbocycles. The number of nitrogens with two attached hydrogens (primary N) is 1. The molecule has 0 bridgehead atoms. The fraction of sp³-hybridized carbons (Fsp3) is 0.938. The van der Waals surface area contributed by atoms with Crippen molar-refractivity contribution < 1.29 is 4.79 Å². The van der Waals surface area contributed by atoms with Gasteiger partial charge in [-0.15, -0.1) is 0 Å². The Morgan fingerprint density at radius 3 is 2.74 bits per heavy atom. The van der Waals surface area contributed by atoms with E-state index in [0.29, 0.717) is 11.8 Å². The van der Waals surface area contributed by atoms with Crippen LogP contribution in [0.2, 0.25) is 0 Å². The lowest BCUT2D eigenvalue weighted by molar-refractivity contribution is -0.128. The van der Waals surface area contributed by atoms with Crippen LogP contribution in [0, 0.1) is 17.8 Å². The molecule has 0 aromatic rings. The summed E-state index contributed by atoms with van der Waals surface area (Å²) >= 11 is 0. The van der Waals surface area contributed by atoms with E-state index in [2.05, 4.69) is 26.1 Å². The van der Waals surface area contributed by atoms with Gasteiger partial charge in [0.25, 0.3) is 0 Å². The Balaban J connectivity index is 2.36. The van der Waals surface area contributed by atoms with Crippen LogP contribution in [0.15, 0.2) is 0 Å². The second-order valence-electron chi connectivity index (χ2n) is 6.22. The molecule has 1 rings (SSSR count). The highest BCUT2D eigenvalue weighted by Crippen LogP contribution is 2.29. The average Bonchev–Trinajstić information content (AvgIpc) is 2.42. The molecule has 0 saturated heterocycles. The molecule has 0 aliphatic heterocycles. The highest BCUT2D eigenvalue weighted by atomic mass is 16.1. The molecule has 0 aromatic heterocycles. The molecule has 1 aliphatic carbocycles. The second-order valence-corrected chi connectivity index (χ2v) is 6.22. The van der Waals surface area contributed by atoms with Crippen LogP contribution in [-0.4, -0.2) is 18.5 Å². The first kappa shape index (κ1) is 16.5. The number of carbonyl (C=O) groups excluding carboxylic acids is 1. The van der Waals surface area contributed by atoms with Gasteiger partial charge >= 0.3 is 0 Å². The lowest BCUT2D eigenvalue weighted by Crippen LogP contribution is -2.45. The van der Waals surface area contributed by atoms with Gasteiger partial charge in [0, 0.05) is 18.5 Å². The average molecular weight is 268 g/mol. The molecule has 0 radical (unpaired) electrons. The fourth-order valence-electron chi connectivity index (χ4n) is 3.09. The third kappa shape index (κ3) is 5.13. The maximum Gasteiger partial charge on any atom is 0.223 e. The van der Waals surface area contributed by atoms with Crippen molar-refractivity contribution in [3.8, 4) is 0 Å². The van der Waals surface area contributed by atoms with Gasteiger partial charge in [-0.2, -0.15) is 0 Å². The summed E-state index contributed by atoms with van der Waals surface area (Å²) in [6.07, 6.45) is 8.05. The Labute approximate surface area is 118 Å². The van der Waals surface area contributed by atoms with Crippen LogP contribution in [0.5, 0.6) is 0 Å². The number of rotatable bonds is 7. The van der Waals surface area contributed by atoms with E-state index < -0.39 is 0 Å². The van der Waals surface area contributed by atoms with Gasteiger partial charge in [0.1, 0.15) is 0 Å². The largest absolute Gasteiger partial charge is 0.356 e. The topological polar surface area (TPSA) is 55.1 Å². The number of amides is 1. The number of carbonyl (C=O) groups is 1. The highest BCUT2D eigenvalue weighted by molar-refractivity contribution is 5.79. The van der Waals surface area contributed by atoms with Gasteiger partial charge in [0.15, 0.2) is 0 Å². The van der Waals surface area contributed by atoms with Crippen LogP contribution in [0.3, 0.4) is 0 Å². The summed E-state index contributed by atoms with van der Waals surface area (Å²) in [5, 5.41) is 3.17. The lowest BCUT2D eigenvalue weighted by Gasteiger charge is -2.33. The fourth-order valence-corrected chi connectivity index (χ4v) is 3.09. The van der Waals surface area contributed by atoms with Crippen molar-refractivity contribution in [3.63, 3.8) is 0 Å². The Kier molecular flexibility index (Phi) is 7.44. The van der Waals surface area contributed by atoms with E-state index in [0.717, 1.165) is 32.2 Å². The number of unbranched alkanes of at least 4 members (excludes halogenated alkanes) is 1. The van der Waals surface area contributed by atoms with Crippen molar-refractivity contribution in [1.82, 2.24) is 5.32 Å². The molecule has 112 valence electrons. The summed E-state index contributed by atoms with van der Waals surface area (Å²) in [6.45, 7) is 7.40. The normalized spacial score (nSPS) is 28.9. The SMILES string of the molecule is CCCCC(CC)CNC(=O)C1CCCC(N)C1C. The molecule has 3 heteroatoms. The summed E-state index contributed by atoms with van der Waals surface area (Å²) in [5.74, 6) is 1.32. The third-order valence-corrected chi connectivity index (χ3v) is 4.81. The predicted octanol–water partition coefficient (Wildman–Crippen LogP) is 3.08. The number of nitrogens with one attached hydrogen (secondary N) is 1. The molecule has 0 spiro atoms. The van der Waals surface area contributed by atoms with E-state index in [-0.39, 0.29) is 17.9 Å². The van der Waals surface area contributed by atoms with E-state index in [9.17, 15) is 4.79 Å². The van der Waals surface area contributed by atoms with Crippen LogP contribution in [0.25, 0.3) is 0 Å². The Bertz CT molecular complexity index is 267. The molecule has 3 nitrogen and oxygen atoms in total. The summed E-state index contributed by atoms with van der Waals surface area (Å²) < 4.78 is 0. The molecule has 1 aliphatic rings. The minimum absolute atomic E-state index is 0.132. The van der Waals surface area contributed by atoms with Crippen molar-refractivity contribution >= 4 is 5.91 Å². The van der Waals surface area contributed by atoms with E-state index in [4.69, 9.17) is 5.73 Å². The summed E-state index contributed by atoms with van der Waals surface area (Å²) in [5.41, 5.74) is 6.07. The van der Waals surface area contributed by atoms with Gasteiger partial charge < -0.3 is 11.1 Å². The minimum Gasteiger partial charge on any atom is -0.356 e. The smallest absolute Gasteiger partial charge is 0.223 e. The molecule has 4 atom stereocenters. The van der Waals surface area contributed by atoms with Crippen molar-refractivity contribution in [1.29, 1.82) is 0 Å². The Hall–Kier alpha value is -0.570. The highest BCUT2D eigenvalue weighted by Gasteiger charge is 2.32. The quantitative estimate of drug-likeness (QED) is 0.745. The van der Waals surface area contributed by atoms with Crippen molar-refractivity contribution in [2.24, 2.45) is 23.5 Å². The van der Waals surface area contributed by atoms with Gasteiger partial charge in [-0.25, -0.2) is 0 Å². The first-order valence-corrected chi connectivity index (χ1v) is 8.13. The molecule has 4 unspecified atom stereocenters. The molecule has 3 N–H and O–H groups in total. The van der Waals surface area contributed by atoms with Gasteiger partial charge in [-0.3, -0.25) is 4.79 Å². The zero-order valence-corrected chi connectivity index (χ0v) is 13.0. The van der Waals surface area contributed by atoms with Crippen LogP contribution in [-0.2, 0) is 4.79 Å². The monoisotopic (exact) mass is 268 g/mol. The Morgan fingerprint density at radius 2 is 2.11 bits per heavy atom. The van der Waals surface area contributed by atoms with Crippen LogP contribution < -0.4 is 11.1 Å². The molecule has 0 heterocycles. The van der Waals surface area contributed by atoms with Crippen molar-refractivity contribution in [3.05, 3.63) is 0 Å². The zero-order valence-electron chi connectivity index (χ0n) is 13.0. The van der Waals surface area contributed by atoms with E-state index in [1.54, 1.807) is 0 Å². The zero-order chi connectivity index (χ0) is 14.3. The van der Waals surface area contributed by atoms with Crippen LogP contribution in [0.4, 0.5) is 0 Å². The lowest BCUT2D eigenvalue weighted by atomic mass is 9.77. The molecule has 1 amide bonds. The summed E-state index contributed by atoms with van der Waals surface area (Å²) in [7, 11) is 0. The minimum atomic E-state index is 0.132. The van der Waals surface area contributed by atoms with Crippen LogP contribution >= 0.6 is 0 Å². The van der Waals surface area contributed by atoms with Gasteiger partial charge in [0.2, 0.25) is 5.91 Å².